The van der Waals surface area contributed by atoms with Gasteiger partial charge in [0.15, 0.2) is 0 Å². The van der Waals surface area contributed by atoms with Crippen molar-refractivity contribution < 1.29 is 4.79 Å². The normalized spacial score (nSPS) is 19.9. The molecule has 1 saturated heterocycles. The molecule has 0 radical (unpaired) electrons. The molecule has 0 saturated carbocycles. The largest absolute Gasteiger partial charge is 0.335 e. The highest BCUT2D eigenvalue weighted by atomic mass is 35.5. The quantitative estimate of drug-likeness (QED) is 0.765. The van der Waals surface area contributed by atoms with E-state index in [0.29, 0.717) is 11.9 Å². The van der Waals surface area contributed by atoms with Crippen LogP contribution in [0.25, 0.3) is 0 Å². The first-order valence-corrected chi connectivity index (χ1v) is 7.56. The molecule has 1 fully saturated rings. The van der Waals surface area contributed by atoms with Crippen LogP contribution in [0.3, 0.4) is 0 Å². The van der Waals surface area contributed by atoms with E-state index >= 15 is 0 Å². The minimum absolute atomic E-state index is 0.217. The number of rotatable bonds is 4. The molecule has 2 heterocycles. The molecular weight excluding hydrogens is 254 g/mol. The van der Waals surface area contributed by atoms with Crippen LogP contribution >= 0.6 is 22.9 Å². The molecule has 94 valence electrons. The zero-order valence-electron chi connectivity index (χ0n) is 10.1. The third-order valence-electron chi connectivity index (χ3n) is 3.37. The molecule has 1 aliphatic rings. The Balaban J connectivity index is 2.06. The second-order valence-electron chi connectivity index (χ2n) is 4.56. The topological polar surface area (TPSA) is 20.3 Å². The van der Waals surface area contributed by atoms with Crippen molar-refractivity contribution in [3.63, 3.8) is 0 Å². The molecule has 0 aromatic carbocycles. The van der Waals surface area contributed by atoms with Crippen LogP contribution in [0.5, 0.6) is 0 Å². The van der Waals surface area contributed by atoms with E-state index in [0.717, 1.165) is 42.7 Å². The summed E-state index contributed by atoms with van der Waals surface area (Å²) in [7, 11) is 0. The van der Waals surface area contributed by atoms with Crippen molar-refractivity contribution in [3.05, 3.63) is 21.9 Å². The monoisotopic (exact) mass is 271 g/mol. The van der Waals surface area contributed by atoms with Gasteiger partial charge in [-0.1, -0.05) is 0 Å². The first-order chi connectivity index (χ1) is 8.24. The molecule has 4 heteroatoms. The molecule has 0 aliphatic carbocycles. The summed E-state index contributed by atoms with van der Waals surface area (Å²) in [6.07, 6.45) is 4.30. The molecule has 1 unspecified atom stereocenters. The lowest BCUT2D eigenvalue weighted by Crippen LogP contribution is -2.35. The number of thiophene rings is 1. The summed E-state index contributed by atoms with van der Waals surface area (Å²) in [4.78, 5) is 15.4. The van der Waals surface area contributed by atoms with Crippen molar-refractivity contribution in [1.29, 1.82) is 0 Å². The van der Waals surface area contributed by atoms with Crippen molar-refractivity contribution in [1.82, 2.24) is 4.90 Å². The lowest BCUT2D eigenvalue weighted by molar-refractivity contribution is 0.0734. The molecule has 17 heavy (non-hydrogen) atoms. The predicted octanol–water partition coefficient (Wildman–Crippen LogP) is 3.68. The minimum Gasteiger partial charge on any atom is -0.335 e. The van der Waals surface area contributed by atoms with E-state index in [1.54, 1.807) is 11.3 Å². The number of amides is 1. The van der Waals surface area contributed by atoms with Gasteiger partial charge in [0.1, 0.15) is 0 Å². The number of alkyl halides is 1. The van der Waals surface area contributed by atoms with Gasteiger partial charge in [0.25, 0.3) is 5.91 Å². The first kappa shape index (κ1) is 12.9. The Kier molecular flexibility index (Phi) is 4.46. The summed E-state index contributed by atoms with van der Waals surface area (Å²) in [5, 5.41) is 1.99. The lowest BCUT2D eigenvalue weighted by atomic mass is 10.1. The van der Waals surface area contributed by atoms with Gasteiger partial charge in [-0.25, -0.2) is 0 Å². The van der Waals surface area contributed by atoms with Crippen LogP contribution in [0.4, 0.5) is 0 Å². The van der Waals surface area contributed by atoms with Crippen LogP contribution in [0.1, 0.15) is 40.9 Å². The number of aryl methyl sites for hydroxylation is 1. The first-order valence-electron chi connectivity index (χ1n) is 6.15. The summed E-state index contributed by atoms with van der Waals surface area (Å²) in [5.41, 5.74) is 1.10. The van der Waals surface area contributed by atoms with Gasteiger partial charge in [0.2, 0.25) is 0 Å². The average molecular weight is 272 g/mol. The van der Waals surface area contributed by atoms with E-state index < -0.39 is 0 Å². The maximum atomic E-state index is 12.4. The molecule has 2 rings (SSSR count). The Hall–Kier alpha value is -0.540. The SMILES string of the molecule is Cc1ccsc1C(=O)N1CCCC1CCCCl. The Morgan fingerprint density at radius 2 is 2.47 bits per heavy atom. The number of nitrogens with zero attached hydrogens (tertiary/aromatic N) is 1. The second-order valence-corrected chi connectivity index (χ2v) is 5.85. The number of hydrogen-bond acceptors (Lipinski definition) is 2. The van der Waals surface area contributed by atoms with E-state index in [1.807, 2.05) is 23.3 Å². The van der Waals surface area contributed by atoms with E-state index in [1.165, 1.54) is 0 Å². The zero-order chi connectivity index (χ0) is 12.3. The molecule has 1 aromatic rings. The van der Waals surface area contributed by atoms with Crippen molar-refractivity contribution in [2.75, 3.05) is 12.4 Å². The summed E-state index contributed by atoms with van der Waals surface area (Å²) >= 11 is 7.28. The number of carbonyl (C=O) groups is 1. The van der Waals surface area contributed by atoms with Crippen LogP contribution in [-0.2, 0) is 0 Å². The van der Waals surface area contributed by atoms with E-state index in [4.69, 9.17) is 11.6 Å². The standard InChI is InChI=1S/C13H18ClNOS/c1-10-6-9-17-12(10)13(16)15-8-3-5-11(15)4-2-7-14/h6,9,11H,2-5,7-8H2,1H3. The third kappa shape index (κ3) is 2.83. The van der Waals surface area contributed by atoms with Gasteiger partial charge in [-0.2, -0.15) is 0 Å². The summed E-state index contributed by atoms with van der Waals surface area (Å²) in [6, 6.07) is 2.42. The highest BCUT2D eigenvalue weighted by Crippen LogP contribution is 2.26. The summed E-state index contributed by atoms with van der Waals surface area (Å²) in [5.74, 6) is 0.908. The number of halogens is 1. The van der Waals surface area contributed by atoms with E-state index in [9.17, 15) is 4.79 Å². The Morgan fingerprint density at radius 3 is 3.12 bits per heavy atom. The molecule has 1 atom stereocenters. The highest BCUT2D eigenvalue weighted by Gasteiger charge is 2.29. The maximum absolute atomic E-state index is 12.4. The van der Waals surface area contributed by atoms with Gasteiger partial charge in [-0.05, 0) is 49.6 Å². The maximum Gasteiger partial charge on any atom is 0.264 e. The number of carbonyl (C=O) groups excluding carboxylic acids is 1. The van der Waals surface area contributed by atoms with Gasteiger partial charge in [-0.3, -0.25) is 4.79 Å². The molecule has 0 bridgehead atoms. The highest BCUT2D eigenvalue weighted by molar-refractivity contribution is 7.12. The van der Waals surface area contributed by atoms with Gasteiger partial charge < -0.3 is 4.90 Å². The van der Waals surface area contributed by atoms with Gasteiger partial charge in [0, 0.05) is 18.5 Å². The summed E-state index contributed by atoms with van der Waals surface area (Å²) in [6.45, 7) is 2.91. The molecule has 1 aromatic heterocycles. The van der Waals surface area contributed by atoms with Crippen molar-refractivity contribution in [2.24, 2.45) is 0 Å². The zero-order valence-corrected chi connectivity index (χ0v) is 11.7. The minimum atomic E-state index is 0.217. The molecule has 2 nitrogen and oxygen atoms in total. The van der Waals surface area contributed by atoms with Gasteiger partial charge in [0.05, 0.1) is 4.88 Å². The van der Waals surface area contributed by atoms with Crippen molar-refractivity contribution in [3.8, 4) is 0 Å². The fraction of sp³-hybridized carbons (Fsp3) is 0.615. The van der Waals surface area contributed by atoms with Crippen LogP contribution in [-0.4, -0.2) is 29.3 Å². The molecular formula is C13H18ClNOS. The van der Waals surface area contributed by atoms with Crippen LogP contribution < -0.4 is 0 Å². The smallest absolute Gasteiger partial charge is 0.264 e. The fourth-order valence-corrected chi connectivity index (χ4v) is 3.47. The van der Waals surface area contributed by atoms with Crippen LogP contribution in [0, 0.1) is 6.92 Å². The summed E-state index contributed by atoms with van der Waals surface area (Å²) < 4.78 is 0. The molecule has 0 spiro atoms. The van der Waals surface area contributed by atoms with Gasteiger partial charge >= 0.3 is 0 Å². The average Bonchev–Trinajstić information content (AvgIpc) is 2.94. The molecule has 1 amide bonds. The molecule has 0 N–H and O–H groups in total. The number of likely N-dealkylation sites (tertiary alicyclic amines) is 1. The predicted molar refractivity (Wildman–Crippen MR) is 73.1 cm³/mol. The Bertz CT molecular complexity index is 391. The third-order valence-corrected chi connectivity index (χ3v) is 4.64. The van der Waals surface area contributed by atoms with Crippen molar-refractivity contribution in [2.45, 2.75) is 38.6 Å². The number of hydrogen-bond donors (Lipinski definition) is 0. The Labute approximate surface area is 112 Å². The fourth-order valence-electron chi connectivity index (χ4n) is 2.44. The molecule has 1 aliphatic heterocycles. The lowest BCUT2D eigenvalue weighted by Gasteiger charge is -2.24. The van der Waals surface area contributed by atoms with Crippen LogP contribution in [0.2, 0.25) is 0 Å². The second kappa shape index (κ2) is 5.87. The van der Waals surface area contributed by atoms with E-state index in [-0.39, 0.29) is 5.91 Å². The van der Waals surface area contributed by atoms with Crippen molar-refractivity contribution >= 4 is 28.8 Å². The van der Waals surface area contributed by atoms with E-state index in [2.05, 4.69) is 0 Å². The van der Waals surface area contributed by atoms with Gasteiger partial charge in [-0.15, -0.1) is 22.9 Å². The Morgan fingerprint density at radius 1 is 1.65 bits per heavy atom. The van der Waals surface area contributed by atoms with Crippen LogP contribution in [0.15, 0.2) is 11.4 Å².